The Kier molecular flexibility index (Phi) is 4.50. The van der Waals surface area contributed by atoms with Crippen molar-refractivity contribution in [3.8, 4) is 0 Å². The number of hydrogen-bond acceptors (Lipinski definition) is 3. The van der Waals surface area contributed by atoms with E-state index in [2.05, 4.69) is 10.6 Å². The molecule has 6 heteroatoms. The van der Waals surface area contributed by atoms with E-state index in [1.165, 1.54) is 4.90 Å². The highest BCUT2D eigenvalue weighted by molar-refractivity contribution is 6.22. The molecular formula is C20H21N3O3. The zero-order valence-electron chi connectivity index (χ0n) is 15.2. The molecule has 0 saturated heterocycles. The summed E-state index contributed by atoms with van der Waals surface area (Å²) in [6.45, 7) is 7.44. The summed E-state index contributed by atoms with van der Waals surface area (Å²) in [4.78, 5) is 38.2. The van der Waals surface area contributed by atoms with Crippen LogP contribution in [0.25, 0.3) is 0 Å². The van der Waals surface area contributed by atoms with Gasteiger partial charge in [-0.25, -0.2) is 4.79 Å². The number of benzene rings is 2. The summed E-state index contributed by atoms with van der Waals surface area (Å²) < 4.78 is 0. The van der Waals surface area contributed by atoms with E-state index in [9.17, 15) is 14.4 Å². The van der Waals surface area contributed by atoms with Gasteiger partial charge in [0.1, 0.15) is 0 Å². The minimum atomic E-state index is -0.406. The molecule has 0 saturated carbocycles. The summed E-state index contributed by atoms with van der Waals surface area (Å²) in [5.74, 6) is -0.634. The summed E-state index contributed by atoms with van der Waals surface area (Å²) in [6.07, 6.45) is 0. The van der Waals surface area contributed by atoms with Gasteiger partial charge in [-0.2, -0.15) is 0 Å². The zero-order chi connectivity index (χ0) is 19.0. The van der Waals surface area contributed by atoms with Crippen molar-refractivity contribution in [3.63, 3.8) is 0 Å². The molecule has 26 heavy (non-hydrogen) atoms. The van der Waals surface area contributed by atoms with Crippen LogP contribution in [0, 0.1) is 13.8 Å². The molecular weight excluding hydrogens is 330 g/mol. The fourth-order valence-electron chi connectivity index (χ4n) is 2.96. The number of fused-ring (bicyclic) bond motifs is 1. The van der Waals surface area contributed by atoms with Gasteiger partial charge in [-0.05, 0) is 63.1 Å². The molecule has 3 rings (SSSR count). The lowest BCUT2D eigenvalue weighted by Gasteiger charge is -2.17. The predicted octanol–water partition coefficient (Wildman–Crippen LogP) is 3.95. The molecule has 0 atom stereocenters. The molecule has 0 aromatic heterocycles. The van der Waals surface area contributed by atoms with Crippen molar-refractivity contribution in [2.75, 3.05) is 10.6 Å². The number of anilines is 2. The molecule has 0 unspecified atom stereocenters. The van der Waals surface area contributed by atoms with Gasteiger partial charge in [0.05, 0.1) is 11.1 Å². The number of nitrogens with zero attached hydrogens (tertiary/aromatic N) is 1. The molecule has 0 fully saturated rings. The second-order valence-electron chi connectivity index (χ2n) is 6.73. The molecule has 1 aliphatic rings. The van der Waals surface area contributed by atoms with Gasteiger partial charge in [0, 0.05) is 17.4 Å². The molecule has 6 nitrogen and oxygen atoms in total. The fourth-order valence-corrected chi connectivity index (χ4v) is 2.96. The summed E-state index contributed by atoms with van der Waals surface area (Å²) in [5, 5.41) is 5.52. The van der Waals surface area contributed by atoms with Crippen LogP contribution < -0.4 is 10.6 Å². The first-order valence-electron chi connectivity index (χ1n) is 8.45. The molecule has 134 valence electrons. The van der Waals surface area contributed by atoms with Crippen molar-refractivity contribution in [2.45, 2.75) is 33.7 Å². The third kappa shape index (κ3) is 3.18. The lowest BCUT2D eigenvalue weighted by atomic mass is 10.1. The minimum absolute atomic E-state index is 0.216. The first kappa shape index (κ1) is 17.7. The van der Waals surface area contributed by atoms with Crippen molar-refractivity contribution in [1.82, 2.24) is 4.90 Å². The van der Waals surface area contributed by atoms with Gasteiger partial charge in [-0.3, -0.25) is 14.5 Å². The van der Waals surface area contributed by atoms with Crippen molar-refractivity contribution >= 4 is 29.2 Å². The van der Waals surface area contributed by atoms with Crippen molar-refractivity contribution in [2.24, 2.45) is 0 Å². The molecule has 1 aliphatic heterocycles. The maximum absolute atomic E-state index is 12.4. The number of aryl methyl sites for hydroxylation is 2. The van der Waals surface area contributed by atoms with Crippen LogP contribution in [-0.2, 0) is 0 Å². The SMILES string of the molecule is Cc1ccc(C)c(NC(=O)Nc2ccc3c(c2)C(=O)N(C(C)C)C3=O)c1. The topological polar surface area (TPSA) is 78.5 Å². The van der Waals surface area contributed by atoms with Gasteiger partial charge in [-0.1, -0.05) is 12.1 Å². The van der Waals surface area contributed by atoms with Gasteiger partial charge in [0.25, 0.3) is 11.8 Å². The molecule has 2 N–H and O–H groups in total. The molecule has 0 spiro atoms. The second-order valence-corrected chi connectivity index (χ2v) is 6.73. The Labute approximate surface area is 152 Å². The first-order valence-corrected chi connectivity index (χ1v) is 8.45. The Balaban J connectivity index is 1.78. The smallest absolute Gasteiger partial charge is 0.308 e. The zero-order valence-corrected chi connectivity index (χ0v) is 15.2. The summed E-state index contributed by atoms with van der Waals surface area (Å²) in [6, 6.07) is 9.92. The van der Waals surface area contributed by atoms with E-state index in [1.54, 1.807) is 32.0 Å². The molecule has 0 aliphatic carbocycles. The number of carbonyl (C=O) groups excluding carboxylic acids is 3. The van der Waals surface area contributed by atoms with E-state index in [0.29, 0.717) is 16.8 Å². The minimum Gasteiger partial charge on any atom is -0.308 e. The van der Waals surface area contributed by atoms with Crippen molar-refractivity contribution in [1.29, 1.82) is 0 Å². The number of amides is 4. The van der Waals surface area contributed by atoms with Crippen molar-refractivity contribution in [3.05, 3.63) is 58.7 Å². The Morgan fingerprint density at radius 2 is 1.62 bits per heavy atom. The maximum Gasteiger partial charge on any atom is 0.323 e. The third-order valence-electron chi connectivity index (χ3n) is 4.33. The van der Waals surface area contributed by atoms with Gasteiger partial charge >= 0.3 is 6.03 Å². The van der Waals surface area contributed by atoms with Gasteiger partial charge in [0.15, 0.2) is 0 Å². The van der Waals surface area contributed by atoms with E-state index in [1.807, 2.05) is 32.0 Å². The highest BCUT2D eigenvalue weighted by Crippen LogP contribution is 2.27. The predicted molar refractivity (Wildman–Crippen MR) is 101 cm³/mol. The van der Waals surface area contributed by atoms with Crippen LogP contribution in [0.3, 0.4) is 0 Å². The quantitative estimate of drug-likeness (QED) is 0.822. The number of nitrogens with one attached hydrogen (secondary N) is 2. The molecule has 1 heterocycles. The maximum atomic E-state index is 12.4. The average Bonchev–Trinajstić information content (AvgIpc) is 2.82. The van der Waals surface area contributed by atoms with E-state index >= 15 is 0 Å². The lowest BCUT2D eigenvalue weighted by molar-refractivity contribution is 0.0609. The Morgan fingerprint density at radius 1 is 0.923 bits per heavy atom. The molecule has 4 amide bonds. The summed E-state index contributed by atoms with van der Waals surface area (Å²) in [7, 11) is 0. The van der Waals surface area contributed by atoms with Gasteiger partial charge in [0.2, 0.25) is 0 Å². The number of carbonyl (C=O) groups is 3. The standard InChI is InChI=1S/C20H21N3O3/c1-11(2)23-18(24)15-8-7-14(10-16(15)19(23)25)21-20(26)22-17-9-12(3)5-6-13(17)4/h5-11H,1-4H3,(H2,21,22,26). The fraction of sp³-hybridized carbons (Fsp3) is 0.250. The largest absolute Gasteiger partial charge is 0.323 e. The Hall–Kier alpha value is -3.15. The lowest BCUT2D eigenvalue weighted by Crippen LogP contribution is -2.35. The Morgan fingerprint density at radius 3 is 2.31 bits per heavy atom. The number of hydrogen-bond donors (Lipinski definition) is 2. The molecule has 2 aromatic rings. The van der Waals surface area contributed by atoms with Crippen LogP contribution in [0.15, 0.2) is 36.4 Å². The van der Waals surface area contributed by atoms with Crippen LogP contribution >= 0.6 is 0 Å². The van der Waals surface area contributed by atoms with Crippen LogP contribution in [0.2, 0.25) is 0 Å². The van der Waals surface area contributed by atoms with E-state index in [-0.39, 0.29) is 17.9 Å². The highest BCUT2D eigenvalue weighted by Gasteiger charge is 2.37. The van der Waals surface area contributed by atoms with Gasteiger partial charge in [-0.15, -0.1) is 0 Å². The van der Waals surface area contributed by atoms with Crippen LogP contribution in [-0.4, -0.2) is 28.8 Å². The monoisotopic (exact) mass is 351 g/mol. The summed E-state index contributed by atoms with van der Waals surface area (Å²) in [5.41, 5.74) is 3.85. The van der Waals surface area contributed by atoms with Crippen molar-refractivity contribution < 1.29 is 14.4 Å². The normalized spacial score (nSPS) is 13.2. The van der Waals surface area contributed by atoms with E-state index < -0.39 is 6.03 Å². The average molecular weight is 351 g/mol. The Bertz CT molecular complexity index is 919. The van der Waals surface area contributed by atoms with Crippen LogP contribution in [0.5, 0.6) is 0 Å². The van der Waals surface area contributed by atoms with Crippen LogP contribution in [0.1, 0.15) is 45.7 Å². The van der Waals surface area contributed by atoms with E-state index in [4.69, 9.17) is 0 Å². The molecule has 0 bridgehead atoms. The second kappa shape index (κ2) is 6.63. The first-order chi connectivity index (χ1) is 12.3. The number of imide groups is 1. The molecule has 2 aromatic carbocycles. The van der Waals surface area contributed by atoms with Gasteiger partial charge < -0.3 is 10.6 Å². The molecule has 0 radical (unpaired) electrons. The number of urea groups is 1. The van der Waals surface area contributed by atoms with Crippen LogP contribution in [0.4, 0.5) is 16.2 Å². The number of rotatable bonds is 3. The summed E-state index contributed by atoms with van der Waals surface area (Å²) >= 11 is 0. The van der Waals surface area contributed by atoms with E-state index in [0.717, 1.165) is 16.8 Å². The highest BCUT2D eigenvalue weighted by atomic mass is 16.2. The third-order valence-corrected chi connectivity index (χ3v) is 4.33.